The second-order valence-electron chi connectivity index (χ2n) is 8.46. The van der Waals surface area contributed by atoms with Gasteiger partial charge in [-0.25, -0.2) is 0 Å². The summed E-state index contributed by atoms with van der Waals surface area (Å²) in [6, 6.07) is 11.5. The average molecular weight is 461 g/mol. The zero-order valence-corrected chi connectivity index (χ0v) is 20.2. The van der Waals surface area contributed by atoms with Crippen LogP contribution < -0.4 is 14.2 Å². The quantitative estimate of drug-likeness (QED) is 0.569. The van der Waals surface area contributed by atoms with Gasteiger partial charge in [0, 0.05) is 38.3 Å². The van der Waals surface area contributed by atoms with Gasteiger partial charge in [-0.2, -0.15) is 0 Å². The molecule has 0 aromatic heterocycles. The van der Waals surface area contributed by atoms with E-state index in [4.69, 9.17) is 25.8 Å². The third-order valence-corrected chi connectivity index (χ3v) is 5.76. The van der Waals surface area contributed by atoms with E-state index in [0.717, 1.165) is 31.8 Å². The molecule has 0 aliphatic carbocycles. The summed E-state index contributed by atoms with van der Waals surface area (Å²) in [5, 5.41) is 0.393. The molecule has 0 atom stereocenters. The van der Waals surface area contributed by atoms with Crippen LogP contribution in [0.5, 0.6) is 17.2 Å². The summed E-state index contributed by atoms with van der Waals surface area (Å²) in [5.41, 5.74) is 1.76. The first-order valence-corrected chi connectivity index (χ1v) is 11.4. The molecule has 0 unspecified atom stereocenters. The normalized spacial score (nSPS) is 14.9. The molecule has 1 amide bonds. The van der Waals surface area contributed by atoms with E-state index in [9.17, 15) is 4.79 Å². The van der Waals surface area contributed by atoms with E-state index < -0.39 is 0 Å². The van der Waals surface area contributed by atoms with Gasteiger partial charge < -0.3 is 19.1 Å². The topological polar surface area (TPSA) is 51.2 Å². The van der Waals surface area contributed by atoms with Crippen LogP contribution in [0.15, 0.2) is 36.4 Å². The molecule has 0 bridgehead atoms. The first kappa shape index (κ1) is 24.2. The van der Waals surface area contributed by atoms with Gasteiger partial charge in [-0.1, -0.05) is 37.6 Å². The molecule has 2 aromatic rings. The molecule has 32 heavy (non-hydrogen) atoms. The molecule has 3 rings (SSSR count). The zero-order chi connectivity index (χ0) is 23.1. The van der Waals surface area contributed by atoms with Crippen molar-refractivity contribution in [1.82, 2.24) is 9.80 Å². The molecular formula is C25H33ClN2O4. The van der Waals surface area contributed by atoms with Crippen molar-refractivity contribution >= 4 is 17.5 Å². The van der Waals surface area contributed by atoms with Crippen LogP contribution in [0.25, 0.3) is 0 Å². The molecule has 0 saturated carbocycles. The zero-order valence-electron chi connectivity index (χ0n) is 19.4. The van der Waals surface area contributed by atoms with E-state index in [1.807, 2.05) is 17.0 Å². The molecule has 0 radical (unpaired) electrons. The number of carbonyl (C=O) groups excluding carboxylic acids is 1. The Kier molecular flexibility index (Phi) is 8.65. The SMILES string of the molecule is COc1ccc(CN2CCCN(C(=O)c3cc(Cl)c(OCC(C)C)c(OC)c3)CC2)cc1. The van der Waals surface area contributed by atoms with Crippen LogP contribution in [-0.2, 0) is 6.54 Å². The lowest BCUT2D eigenvalue weighted by molar-refractivity contribution is 0.0760. The smallest absolute Gasteiger partial charge is 0.254 e. The minimum Gasteiger partial charge on any atom is -0.497 e. The Hall–Kier alpha value is -2.44. The van der Waals surface area contributed by atoms with Gasteiger partial charge in [0.2, 0.25) is 0 Å². The van der Waals surface area contributed by atoms with Crippen molar-refractivity contribution < 1.29 is 19.0 Å². The van der Waals surface area contributed by atoms with Crippen molar-refractivity contribution in [2.45, 2.75) is 26.8 Å². The average Bonchev–Trinajstić information content (AvgIpc) is 3.03. The maximum absolute atomic E-state index is 13.2. The summed E-state index contributed by atoms with van der Waals surface area (Å²) in [4.78, 5) is 17.5. The minimum absolute atomic E-state index is 0.0353. The van der Waals surface area contributed by atoms with Gasteiger partial charge in [-0.15, -0.1) is 0 Å². The number of amides is 1. The van der Waals surface area contributed by atoms with Gasteiger partial charge in [-0.05, 0) is 42.2 Å². The Bertz CT molecular complexity index is 902. The van der Waals surface area contributed by atoms with Gasteiger partial charge in [0.05, 0.1) is 25.8 Å². The second kappa shape index (κ2) is 11.4. The molecule has 0 spiro atoms. The first-order chi connectivity index (χ1) is 15.4. The lowest BCUT2D eigenvalue weighted by Gasteiger charge is -2.23. The summed E-state index contributed by atoms with van der Waals surface area (Å²) >= 11 is 6.45. The van der Waals surface area contributed by atoms with E-state index in [1.165, 1.54) is 5.56 Å². The fourth-order valence-corrected chi connectivity index (χ4v) is 4.00. The molecule has 1 aliphatic rings. The summed E-state index contributed by atoms with van der Waals surface area (Å²) in [6.07, 6.45) is 0.919. The summed E-state index contributed by atoms with van der Waals surface area (Å²) < 4.78 is 16.5. The Labute approximate surface area is 196 Å². The number of nitrogens with zero attached hydrogens (tertiary/aromatic N) is 2. The molecule has 1 aliphatic heterocycles. The van der Waals surface area contributed by atoms with Crippen LogP contribution in [0.4, 0.5) is 0 Å². The minimum atomic E-state index is -0.0353. The van der Waals surface area contributed by atoms with Gasteiger partial charge in [0.15, 0.2) is 11.5 Å². The number of hydrogen-bond acceptors (Lipinski definition) is 5. The van der Waals surface area contributed by atoms with Crippen molar-refractivity contribution in [3.05, 3.63) is 52.5 Å². The molecule has 6 nitrogen and oxygen atoms in total. The second-order valence-corrected chi connectivity index (χ2v) is 8.87. The fourth-order valence-electron chi connectivity index (χ4n) is 3.74. The highest BCUT2D eigenvalue weighted by atomic mass is 35.5. The van der Waals surface area contributed by atoms with Crippen molar-refractivity contribution in [3.63, 3.8) is 0 Å². The predicted molar refractivity (Wildman–Crippen MR) is 127 cm³/mol. The molecule has 2 aromatic carbocycles. The molecule has 1 saturated heterocycles. The summed E-state index contributed by atoms with van der Waals surface area (Å²) in [7, 11) is 3.23. The van der Waals surface area contributed by atoms with E-state index in [2.05, 4.69) is 30.9 Å². The third kappa shape index (κ3) is 6.30. The molecule has 1 heterocycles. The predicted octanol–water partition coefficient (Wildman–Crippen LogP) is 4.74. The van der Waals surface area contributed by atoms with Crippen LogP contribution in [0, 0.1) is 5.92 Å². The highest BCUT2D eigenvalue weighted by molar-refractivity contribution is 6.32. The van der Waals surface area contributed by atoms with Crippen LogP contribution in [0.2, 0.25) is 5.02 Å². The van der Waals surface area contributed by atoms with Crippen molar-refractivity contribution in [2.24, 2.45) is 5.92 Å². The number of rotatable bonds is 8. The highest BCUT2D eigenvalue weighted by Gasteiger charge is 2.23. The van der Waals surface area contributed by atoms with Crippen molar-refractivity contribution in [2.75, 3.05) is 47.0 Å². The van der Waals surface area contributed by atoms with Crippen LogP contribution in [0.3, 0.4) is 0 Å². The van der Waals surface area contributed by atoms with E-state index in [-0.39, 0.29) is 5.91 Å². The lowest BCUT2D eigenvalue weighted by atomic mass is 10.1. The standard InChI is InChI=1S/C25H33ClN2O4/c1-18(2)17-32-24-22(26)14-20(15-23(24)31-4)25(29)28-11-5-10-27(12-13-28)16-19-6-8-21(30-3)9-7-19/h6-9,14-15,18H,5,10-13,16-17H2,1-4H3. The first-order valence-electron chi connectivity index (χ1n) is 11.1. The number of benzene rings is 2. The highest BCUT2D eigenvalue weighted by Crippen LogP contribution is 2.37. The summed E-state index contributed by atoms with van der Waals surface area (Å²) in [5.74, 6) is 2.15. The number of ether oxygens (including phenoxy) is 3. The molecule has 0 N–H and O–H groups in total. The van der Waals surface area contributed by atoms with E-state index in [1.54, 1.807) is 26.4 Å². The Morgan fingerprint density at radius 3 is 2.44 bits per heavy atom. The van der Waals surface area contributed by atoms with Crippen molar-refractivity contribution in [3.8, 4) is 17.2 Å². The van der Waals surface area contributed by atoms with E-state index in [0.29, 0.717) is 47.7 Å². The van der Waals surface area contributed by atoms with Gasteiger partial charge in [-0.3, -0.25) is 9.69 Å². The fraction of sp³-hybridized carbons (Fsp3) is 0.480. The van der Waals surface area contributed by atoms with Gasteiger partial charge in [0.1, 0.15) is 5.75 Å². The monoisotopic (exact) mass is 460 g/mol. The number of carbonyl (C=O) groups is 1. The largest absolute Gasteiger partial charge is 0.497 e. The molecule has 7 heteroatoms. The Balaban J connectivity index is 1.65. The van der Waals surface area contributed by atoms with Crippen LogP contribution in [-0.4, -0.2) is 62.7 Å². The van der Waals surface area contributed by atoms with Gasteiger partial charge >= 0.3 is 0 Å². The molecule has 1 fully saturated rings. The third-order valence-electron chi connectivity index (χ3n) is 5.48. The molecular weight excluding hydrogens is 428 g/mol. The Morgan fingerprint density at radius 2 is 1.78 bits per heavy atom. The van der Waals surface area contributed by atoms with Crippen LogP contribution >= 0.6 is 11.6 Å². The number of hydrogen-bond donors (Lipinski definition) is 0. The molecule has 174 valence electrons. The maximum atomic E-state index is 13.2. The lowest BCUT2D eigenvalue weighted by Crippen LogP contribution is -2.35. The van der Waals surface area contributed by atoms with E-state index >= 15 is 0 Å². The number of methoxy groups -OCH3 is 2. The number of halogens is 1. The Morgan fingerprint density at radius 1 is 1.03 bits per heavy atom. The maximum Gasteiger partial charge on any atom is 0.254 e. The van der Waals surface area contributed by atoms with Crippen LogP contribution in [0.1, 0.15) is 36.2 Å². The summed E-state index contributed by atoms with van der Waals surface area (Å²) in [6.45, 7) is 8.66. The van der Waals surface area contributed by atoms with Gasteiger partial charge in [0.25, 0.3) is 5.91 Å². The van der Waals surface area contributed by atoms with Crippen molar-refractivity contribution in [1.29, 1.82) is 0 Å².